The monoisotopic (exact) mass is 577 g/mol. The standard InChI is InChI=1S/C27H50N3O7P.H3N/c1-2-3-4-5-6-7-8-9-10-11-12-13-14-15-19-35-20-16-21-37-38(33,34)24-36-25(23-31)22-30-18-17-26(28)29-27(30)32;/h2,17-18,25,31H,1,3-16,19-24H2,(H,33,34)(H2,28,29,32);1H3/p+1/t25-;/m0./s1. The topological polar surface area (TPSA) is 183 Å². The van der Waals surface area contributed by atoms with Gasteiger partial charge in [0.25, 0.3) is 0 Å². The molecule has 2 atom stereocenters. The molecule has 0 saturated heterocycles. The Morgan fingerprint density at radius 3 is 2.10 bits per heavy atom. The number of hydrogen-bond donors (Lipinski definition) is 4. The number of allylic oxidation sites excluding steroid dienone is 1. The number of aliphatic hydroxyl groups excluding tert-OH is 1. The number of ether oxygens (including phenoxy) is 2. The fraction of sp³-hybridized carbons (Fsp3) is 0.778. The maximum atomic E-state index is 12.2. The van der Waals surface area contributed by atoms with Crippen molar-refractivity contribution in [1.82, 2.24) is 15.7 Å². The van der Waals surface area contributed by atoms with E-state index in [1.54, 1.807) is 0 Å². The van der Waals surface area contributed by atoms with Crippen LogP contribution in [0.1, 0.15) is 89.9 Å². The van der Waals surface area contributed by atoms with Crippen LogP contribution in [0.5, 0.6) is 0 Å². The summed E-state index contributed by atoms with van der Waals surface area (Å²) in [6.45, 7) is 4.49. The molecule has 228 valence electrons. The van der Waals surface area contributed by atoms with Gasteiger partial charge in [-0.1, -0.05) is 70.3 Å². The number of aromatic nitrogens is 2. The number of unbranched alkanes of at least 4 members (excludes halogenated alkanes) is 12. The first-order chi connectivity index (χ1) is 18.4. The highest BCUT2D eigenvalue weighted by Gasteiger charge is 2.22. The van der Waals surface area contributed by atoms with Crippen LogP contribution in [-0.4, -0.2) is 58.4 Å². The predicted octanol–water partition coefficient (Wildman–Crippen LogP) is 5.40. The number of anilines is 1. The lowest BCUT2D eigenvalue weighted by Gasteiger charge is -2.19. The van der Waals surface area contributed by atoms with E-state index < -0.39 is 32.3 Å². The van der Waals surface area contributed by atoms with Gasteiger partial charge in [0.15, 0.2) is 0 Å². The third kappa shape index (κ3) is 20.9. The zero-order valence-electron chi connectivity index (χ0n) is 24.0. The fourth-order valence-corrected chi connectivity index (χ4v) is 4.82. The summed E-state index contributed by atoms with van der Waals surface area (Å²) in [6.07, 6.45) is 19.0. The van der Waals surface area contributed by atoms with E-state index in [1.165, 1.54) is 81.0 Å². The van der Waals surface area contributed by atoms with Gasteiger partial charge in [-0.2, -0.15) is 4.98 Å². The van der Waals surface area contributed by atoms with Crippen molar-refractivity contribution in [2.45, 2.75) is 103 Å². The molecule has 12 heteroatoms. The number of nitrogen functional groups attached to an aromatic ring is 1. The average molecular weight is 578 g/mol. The second-order valence-electron chi connectivity index (χ2n) is 9.64. The molecule has 39 heavy (non-hydrogen) atoms. The van der Waals surface area contributed by atoms with Crippen molar-refractivity contribution in [2.75, 3.05) is 38.5 Å². The molecule has 8 N–H and O–H groups in total. The molecule has 1 heterocycles. The van der Waals surface area contributed by atoms with Gasteiger partial charge < -0.3 is 35.9 Å². The van der Waals surface area contributed by atoms with Gasteiger partial charge in [0.1, 0.15) is 12.2 Å². The average Bonchev–Trinajstić information content (AvgIpc) is 2.89. The summed E-state index contributed by atoms with van der Waals surface area (Å²) in [5.74, 6) is 0.0858. The van der Waals surface area contributed by atoms with Crippen molar-refractivity contribution in [1.29, 1.82) is 0 Å². The van der Waals surface area contributed by atoms with E-state index in [0.29, 0.717) is 19.6 Å². The molecule has 0 aliphatic carbocycles. The highest BCUT2D eigenvalue weighted by molar-refractivity contribution is 7.52. The first-order valence-corrected chi connectivity index (χ1v) is 15.8. The summed E-state index contributed by atoms with van der Waals surface area (Å²) in [5, 5.41) is 9.46. The third-order valence-corrected chi connectivity index (χ3v) is 7.21. The summed E-state index contributed by atoms with van der Waals surface area (Å²) in [6, 6.07) is 1.44. The SMILES string of the molecule is C=CCCCCCCCCCCCCCCOCCCOP(=O)(O)CO[C@H](CO)Cn1ccc(N)nc1=O.[NH4+]. The highest BCUT2D eigenvalue weighted by atomic mass is 31.2. The summed E-state index contributed by atoms with van der Waals surface area (Å²) in [4.78, 5) is 25.3. The fourth-order valence-electron chi connectivity index (χ4n) is 3.93. The van der Waals surface area contributed by atoms with Crippen molar-refractivity contribution < 1.29 is 28.6 Å². The second-order valence-corrected chi connectivity index (χ2v) is 11.4. The molecule has 0 bridgehead atoms. The molecule has 1 unspecified atom stereocenters. The number of hydrogen-bond acceptors (Lipinski definition) is 8. The van der Waals surface area contributed by atoms with E-state index >= 15 is 0 Å². The Morgan fingerprint density at radius 2 is 1.54 bits per heavy atom. The van der Waals surface area contributed by atoms with Crippen LogP contribution < -0.4 is 17.6 Å². The lowest BCUT2D eigenvalue weighted by atomic mass is 10.0. The zero-order chi connectivity index (χ0) is 27.9. The number of aliphatic hydroxyl groups is 1. The number of nitrogens with two attached hydrogens (primary N) is 1. The molecular formula is C27H54N4O7P+. The van der Waals surface area contributed by atoms with Crippen LogP contribution in [0.3, 0.4) is 0 Å². The van der Waals surface area contributed by atoms with Gasteiger partial charge in [0.2, 0.25) is 0 Å². The van der Waals surface area contributed by atoms with Crippen LogP contribution in [0.15, 0.2) is 29.7 Å². The van der Waals surface area contributed by atoms with Crippen molar-refractivity contribution in [3.05, 3.63) is 35.4 Å². The number of nitrogens with zero attached hydrogens (tertiary/aromatic N) is 2. The number of quaternary nitrogens is 1. The van der Waals surface area contributed by atoms with Crippen LogP contribution in [0.2, 0.25) is 0 Å². The van der Waals surface area contributed by atoms with Crippen molar-refractivity contribution in [2.24, 2.45) is 0 Å². The minimum atomic E-state index is -3.99. The van der Waals surface area contributed by atoms with Gasteiger partial charge in [-0.05, 0) is 31.7 Å². The Balaban J connectivity index is 0.0000144. The first kappa shape index (κ1) is 37.4. The van der Waals surface area contributed by atoms with Crippen LogP contribution in [0, 0.1) is 0 Å². The van der Waals surface area contributed by atoms with Gasteiger partial charge in [-0.15, -0.1) is 6.58 Å². The third-order valence-electron chi connectivity index (χ3n) is 6.15. The van der Waals surface area contributed by atoms with Crippen LogP contribution in [0.25, 0.3) is 0 Å². The van der Waals surface area contributed by atoms with Gasteiger partial charge >= 0.3 is 13.3 Å². The maximum absolute atomic E-state index is 12.2. The van der Waals surface area contributed by atoms with E-state index in [9.17, 15) is 19.4 Å². The minimum absolute atomic E-state index is 0. The molecule has 0 aliphatic rings. The van der Waals surface area contributed by atoms with Gasteiger partial charge in [0.05, 0.1) is 25.9 Å². The molecule has 1 aromatic heterocycles. The minimum Gasteiger partial charge on any atom is -0.394 e. The smallest absolute Gasteiger partial charge is 0.353 e. The lowest BCUT2D eigenvalue weighted by molar-refractivity contribution is 0.0162. The van der Waals surface area contributed by atoms with Crippen molar-refractivity contribution in [3.8, 4) is 0 Å². The summed E-state index contributed by atoms with van der Waals surface area (Å²) < 4.78 is 29.3. The molecule has 0 aliphatic heterocycles. The van der Waals surface area contributed by atoms with E-state index in [0.717, 1.165) is 19.3 Å². The van der Waals surface area contributed by atoms with Crippen LogP contribution in [0.4, 0.5) is 5.82 Å². The quantitative estimate of drug-likeness (QED) is 0.0636. The molecule has 11 nitrogen and oxygen atoms in total. The number of rotatable bonds is 26. The highest BCUT2D eigenvalue weighted by Crippen LogP contribution is 2.42. The second kappa shape index (κ2) is 24.2. The molecule has 0 fully saturated rings. The summed E-state index contributed by atoms with van der Waals surface area (Å²) in [7, 11) is -3.99. The van der Waals surface area contributed by atoms with E-state index in [-0.39, 0.29) is 25.1 Å². The normalized spacial score (nSPS) is 13.5. The van der Waals surface area contributed by atoms with Crippen molar-refractivity contribution in [3.63, 3.8) is 0 Å². The Hall–Kier alpha value is -1.59. The predicted molar refractivity (Wildman–Crippen MR) is 157 cm³/mol. The molecule has 1 rings (SSSR count). The Bertz CT molecular complexity index is 841. The molecular weight excluding hydrogens is 523 g/mol. The Labute approximate surface area is 234 Å². The van der Waals surface area contributed by atoms with Gasteiger partial charge in [-0.3, -0.25) is 9.13 Å². The van der Waals surface area contributed by atoms with E-state index in [2.05, 4.69) is 11.6 Å². The molecule has 1 aromatic rings. The van der Waals surface area contributed by atoms with Crippen molar-refractivity contribution >= 4 is 13.4 Å². The van der Waals surface area contributed by atoms with Crippen LogP contribution in [-0.2, 0) is 25.1 Å². The molecule has 0 spiro atoms. The Morgan fingerprint density at radius 1 is 0.974 bits per heavy atom. The van der Waals surface area contributed by atoms with Gasteiger partial charge in [0, 0.05) is 19.4 Å². The molecule has 0 saturated carbocycles. The summed E-state index contributed by atoms with van der Waals surface area (Å²) >= 11 is 0. The molecule has 0 radical (unpaired) electrons. The summed E-state index contributed by atoms with van der Waals surface area (Å²) in [5.41, 5.74) is 4.85. The van der Waals surface area contributed by atoms with Gasteiger partial charge in [-0.25, -0.2) is 4.79 Å². The van der Waals surface area contributed by atoms with E-state index in [4.69, 9.17) is 19.7 Å². The van der Waals surface area contributed by atoms with E-state index in [1.807, 2.05) is 6.08 Å². The first-order valence-electron chi connectivity index (χ1n) is 14.1. The Kier molecular flexibility index (Phi) is 23.2. The largest absolute Gasteiger partial charge is 0.394 e. The molecule has 0 aromatic carbocycles. The molecule has 0 amide bonds. The maximum Gasteiger partial charge on any atom is 0.353 e. The zero-order valence-corrected chi connectivity index (χ0v) is 24.9. The van der Waals surface area contributed by atoms with Crippen LogP contribution >= 0.6 is 7.60 Å². The lowest BCUT2D eigenvalue weighted by Crippen LogP contribution is -2.32.